The fourth-order valence-corrected chi connectivity index (χ4v) is 15.9. The van der Waals surface area contributed by atoms with E-state index in [1.165, 1.54) is 111 Å². The highest BCUT2D eigenvalue weighted by molar-refractivity contribution is 6.00. The van der Waals surface area contributed by atoms with Gasteiger partial charge in [0.05, 0.1) is 22.2 Å². The zero-order valence-corrected chi connectivity index (χ0v) is 47.4. The molecule has 2 heteroatoms. The van der Waals surface area contributed by atoms with Crippen LogP contribution in [0, 0.1) is 0 Å². The molecule has 0 radical (unpaired) electrons. The molecule has 4 aliphatic rings. The van der Waals surface area contributed by atoms with Crippen molar-refractivity contribution in [1.82, 2.24) is 0 Å². The molecule has 85 heavy (non-hydrogen) atoms. The first-order valence-electron chi connectivity index (χ1n) is 29.8. The molecule has 4 aliphatic carbocycles. The second-order valence-electron chi connectivity index (χ2n) is 23.8. The lowest BCUT2D eigenvalue weighted by molar-refractivity contribution is 0.660. The van der Waals surface area contributed by atoms with Crippen LogP contribution in [0.25, 0.3) is 55.6 Å². The number of anilines is 6. The zero-order valence-electron chi connectivity index (χ0n) is 47.4. The maximum Gasteiger partial charge on any atom is 0.0734 e. The molecule has 0 saturated heterocycles. The van der Waals surface area contributed by atoms with Crippen molar-refractivity contribution in [3.05, 3.63) is 371 Å². The molecule has 13 aromatic rings. The molecule has 0 fully saturated rings. The summed E-state index contributed by atoms with van der Waals surface area (Å²) in [4.78, 5) is 5.09. The summed E-state index contributed by atoms with van der Waals surface area (Å²) in [5, 5.41) is 0. The molecule has 0 bridgehead atoms. The van der Waals surface area contributed by atoms with Crippen LogP contribution in [0.1, 0.15) is 69.5 Å². The van der Waals surface area contributed by atoms with Gasteiger partial charge in [-0.3, -0.25) is 0 Å². The predicted octanol–water partition coefficient (Wildman–Crippen LogP) is 21.3. The minimum Gasteiger partial charge on any atom is -0.310 e. The molecule has 1 unspecified atom stereocenters. The minimum absolute atomic E-state index is 0.187. The molecular weight excluding hydrogens is 1020 g/mol. The first kappa shape index (κ1) is 49.1. The Hall–Kier alpha value is -10.5. The zero-order chi connectivity index (χ0) is 56.4. The lowest BCUT2D eigenvalue weighted by atomic mass is 9.67. The summed E-state index contributed by atoms with van der Waals surface area (Å²) in [7, 11) is 0. The van der Waals surface area contributed by atoms with E-state index in [1.807, 2.05) is 0 Å². The lowest BCUT2D eigenvalue weighted by Crippen LogP contribution is -2.30. The summed E-state index contributed by atoms with van der Waals surface area (Å²) < 4.78 is 0. The smallest absolute Gasteiger partial charge is 0.0734 e. The summed E-state index contributed by atoms with van der Waals surface area (Å²) >= 11 is 0. The molecule has 17 rings (SSSR count). The van der Waals surface area contributed by atoms with Crippen LogP contribution in [0.4, 0.5) is 34.1 Å². The van der Waals surface area contributed by atoms with Crippen LogP contribution in [-0.2, 0) is 16.2 Å². The molecule has 0 aromatic heterocycles. The maximum atomic E-state index is 2.55. The third kappa shape index (κ3) is 6.88. The molecule has 0 heterocycles. The Balaban J connectivity index is 0.920. The quantitative estimate of drug-likeness (QED) is 0.142. The van der Waals surface area contributed by atoms with Crippen molar-refractivity contribution in [2.45, 2.75) is 30.1 Å². The number of rotatable bonds is 9. The standard InChI is InChI=1S/C83H58N2/c1-81(2)71-40-20-15-35-63(71)67-49-46-59(52-75(67)81)85(78-44-24-19-34-62(78)55-26-7-3-8-27-55)61-48-51-69-65-37-17-23-43-74(65)83(77(69)54-61)73-42-22-16-36-64(73)68-50-47-60(53-76(68)83)84(58-32-13-6-14-33-58)79-45-25-39-70-66-38-18-21-41-72(66)82(80(70)79,56-28-9-4-10-29-56)57-30-11-5-12-31-57/h3-54H,1-2H3. The monoisotopic (exact) mass is 1080 g/mol. The number of hydrogen-bond donors (Lipinski definition) is 0. The van der Waals surface area contributed by atoms with Crippen LogP contribution in [0.15, 0.2) is 315 Å². The van der Waals surface area contributed by atoms with Crippen molar-refractivity contribution in [1.29, 1.82) is 0 Å². The van der Waals surface area contributed by atoms with Gasteiger partial charge in [-0.15, -0.1) is 0 Å². The average molecular weight is 1080 g/mol. The lowest BCUT2D eigenvalue weighted by Gasteiger charge is -2.38. The number of fused-ring (bicyclic) bond motifs is 16. The first-order chi connectivity index (χ1) is 42.0. The Morgan fingerprint density at radius 1 is 0.224 bits per heavy atom. The van der Waals surface area contributed by atoms with Crippen molar-refractivity contribution in [3.8, 4) is 55.6 Å². The van der Waals surface area contributed by atoms with Crippen LogP contribution in [-0.4, -0.2) is 0 Å². The van der Waals surface area contributed by atoms with Gasteiger partial charge in [-0.25, -0.2) is 0 Å². The van der Waals surface area contributed by atoms with E-state index < -0.39 is 10.8 Å². The van der Waals surface area contributed by atoms with Gasteiger partial charge in [0.1, 0.15) is 0 Å². The highest BCUT2D eigenvalue weighted by Crippen LogP contribution is 2.66. The van der Waals surface area contributed by atoms with E-state index in [-0.39, 0.29) is 5.41 Å². The molecule has 1 atom stereocenters. The van der Waals surface area contributed by atoms with Gasteiger partial charge in [0.15, 0.2) is 0 Å². The van der Waals surface area contributed by atoms with Crippen LogP contribution < -0.4 is 9.80 Å². The highest BCUT2D eigenvalue weighted by Gasteiger charge is 2.53. The van der Waals surface area contributed by atoms with Crippen molar-refractivity contribution < 1.29 is 0 Å². The largest absolute Gasteiger partial charge is 0.310 e. The third-order valence-corrected chi connectivity index (χ3v) is 19.3. The molecule has 0 aliphatic heterocycles. The van der Waals surface area contributed by atoms with Crippen molar-refractivity contribution in [2.75, 3.05) is 9.80 Å². The van der Waals surface area contributed by atoms with E-state index in [1.54, 1.807) is 0 Å². The molecule has 0 amide bonds. The van der Waals surface area contributed by atoms with Crippen LogP contribution in [0.2, 0.25) is 0 Å². The molecule has 13 aromatic carbocycles. The molecule has 2 nitrogen and oxygen atoms in total. The Kier molecular flexibility index (Phi) is 10.8. The molecule has 1 spiro atoms. The second kappa shape index (κ2) is 18.7. The first-order valence-corrected chi connectivity index (χ1v) is 29.8. The minimum atomic E-state index is -0.675. The summed E-state index contributed by atoms with van der Waals surface area (Å²) in [6.07, 6.45) is 0. The van der Waals surface area contributed by atoms with E-state index >= 15 is 0 Å². The number of nitrogens with zero attached hydrogens (tertiary/aromatic N) is 2. The average Bonchev–Trinajstić information content (AvgIpc) is 1.70. The summed E-state index contributed by atoms with van der Waals surface area (Å²) in [5.41, 5.74) is 30.6. The molecular formula is C83H58N2. The number of benzene rings is 13. The van der Waals surface area contributed by atoms with E-state index in [9.17, 15) is 0 Å². The molecule has 0 saturated carbocycles. The molecule has 400 valence electrons. The normalized spacial score (nSPS) is 15.4. The fraction of sp³-hybridized carbons (Fsp3) is 0.0602. The maximum absolute atomic E-state index is 2.55. The number of para-hydroxylation sites is 2. The summed E-state index contributed by atoms with van der Waals surface area (Å²) in [6.45, 7) is 4.77. The van der Waals surface area contributed by atoms with Crippen molar-refractivity contribution >= 4 is 34.1 Å². The Morgan fingerprint density at radius 3 is 1.12 bits per heavy atom. The van der Waals surface area contributed by atoms with E-state index in [4.69, 9.17) is 0 Å². The van der Waals surface area contributed by atoms with Gasteiger partial charge < -0.3 is 9.80 Å². The van der Waals surface area contributed by atoms with Gasteiger partial charge >= 0.3 is 0 Å². The molecule has 0 N–H and O–H groups in total. The van der Waals surface area contributed by atoms with E-state index in [0.717, 1.165) is 34.1 Å². The summed E-state index contributed by atoms with van der Waals surface area (Å²) in [6, 6.07) is 119. The Morgan fingerprint density at radius 2 is 0.576 bits per heavy atom. The third-order valence-electron chi connectivity index (χ3n) is 19.3. The van der Waals surface area contributed by atoms with Crippen LogP contribution in [0.3, 0.4) is 0 Å². The summed E-state index contributed by atoms with van der Waals surface area (Å²) in [5.74, 6) is 0. The van der Waals surface area contributed by atoms with Gasteiger partial charge in [0, 0.05) is 39.3 Å². The van der Waals surface area contributed by atoms with E-state index in [2.05, 4.69) is 339 Å². The van der Waals surface area contributed by atoms with E-state index in [0.29, 0.717) is 0 Å². The van der Waals surface area contributed by atoms with Gasteiger partial charge in [-0.05, 0) is 161 Å². The topological polar surface area (TPSA) is 6.48 Å². The Labute approximate surface area is 497 Å². The highest BCUT2D eigenvalue weighted by atomic mass is 15.2. The predicted molar refractivity (Wildman–Crippen MR) is 352 cm³/mol. The van der Waals surface area contributed by atoms with Crippen LogP contribution >= 0.6 is 0 Å². The SMILES string of the molecule is CC1(C)c2ccccc2-c2ccc(N(c3ccc4c(c3)C3(c5ccccc5-4)c4ccccc4-c4ccc(N(c5ccccc5)c5cccc6c5C(c5ccccc5)(c5ccccc5)c5ccccc5-6)cc43)c3ccccc3-c3ccccc3)cc21. The van der Waals surface area contributed by atoms with Crippen molar-refractivity contribution in [2.24, 2.45) is 0 Å². The van der Waals surface area contributed by atoms with Gasteiger partial charge in [0.25, 0.3) is 0 Å². The fourth-order valence-electron chi connectivity index (χ4n) is 15.9. The van der Waals surface area contributed by atoms with Gasteiger partial charge in [-0.2, -0.15) is 0 Å². The van der Waals surface area contributed by atoms with Gasteiger partial charge in [-0.1, -0.05) is 269 Å². The van der Waals surface area contributed by atoms with Crippen molar-refractivity contribution in [3.63, 3.8) is 0 Å². The van der Waals surface area contributed by atoms with Crippen LogP contribution in [0.5, 0.6) is 0 Å². The second-order valence-corrected chi connectivity index (χ2v) is 23.8. The van der Waals surface area contributed by atoms with Gasteiger partial charge in [0.2, 0.25) is 0 Å². The number of hydrogen-bond acceptors (Lipinski definition) is 2. The Bertz CT molecular complexity index is 4760.